The van der Waals surface area contributed by atoms with Gasteiger partial charge in [0.15, 0.2) is 0 Å². The van der Waals surface area contributed by atoms with Crippen molar-refractivity contribution in [3.05, 3.63) is 0 Å². The molecule has 1 aliphatic heterocycles. The first-order valence-corrected chi connectivity index (χ1v) is 6.23. The molecule has 14 heavy (non-hydrogen) atoms. The molecule has 1 amide bonds. The number of carbonyl (C=O) groups excluding carboxylic acids is 1. The van der Waals surface area contributed by atoms with Crippen LogP contribution in [0.25, 0.3) is 0 Å². The molecule has 0 aromatic carbocycles. The van der Waals surface area contributed by atoms with E-state index in [4.69, 9.17) is 0 Å². The van der Waals surface area contributed by atoms with Gasteiger partial charge in [-0.2, -0.15) is 0 Å². The van der Waals surface area contributed by atoms with Crippen molar-refractivity contribution < 1.29 is 4.79 Å². The van der Waals surface area contributed by atoms with Crippen molar-refractivity contribution in [3.63, 3.8) is 0 Å². The third-order valence-electron chi connectivity index (χ3n) is 2.28. The van der Waals surface area contributed by atoms with Gasteiger partial charge >= 0.3 is 0 Å². The maximum Gasteiger partial charge on any atom is 0.247 e. The average molecular weight is 216 g/mol. The van der Waals surface area contributed by atoms with E-state index in [9.17, 15) is 4.79 Å². The molecule has 2 unspecified atom stereocenters. The summed E-state index contributed by atoms with van der Waals surface area (Å²) in [5.74, 6) is 1.75. The predicted octanol–water partition coefficient (Wildman–Crippen LogP) is 1.20. The van der Waals surface area contributed by atoms with Crippen molar-refractivity contribution in [2.45, 2.75) is 45.2 Å². The van der Waals surface area contributed by atoms with Crippen LogP contribution in [0.3, 0.4) is 0 Å². The third-order valence-corrected chi connectivity index (χ3v) is 3.52. The molecule has 2 N–H and O–H groups in total. The lowest BCUT2D eigenvalue weighted by atomic mass is 10.1. The molecule has 3 nitrogen and oxygen atoms in total. The Balaban J connectivity index is 2.38. The molecule has 4 heteroatoms. The van der Waals surface area contributed by atoms with Crippen LogP contribution in [0.15, 0.2) is 0 Å². The summed E-state index contributed by atoms with van der Waals surface area (Å²) in [5.41, 5.74) is 0. The third kappa shape index (κ3) is 3.17. The number of hydrogen-bond donors (Lipinski definition) is 2. The molecule has 0 aromatic heterocycles. The Morgan fingerprint density at radius 1 is 1.43 bits per heavy atom. The summed E-state index contributed by atoms with van der Waals surface area (Å²) in [4.78, 5) is 11.6. The fourth-order valence-corrected chi connectivity index (χ4v) is 2.76. The van der Waals surface area contributed by atoms with Crippen molar-refractivity contribution in [1.29, 1.82) is 0 Å². The molecular formula is C10H20N2OS. The van der Waals surface area contributed by atoms with Crippen molar-refractivity contribution in [3.8, 4) is 0 Å². The number of rotatable bonds is 3. The molecule has 1 aliphatic rings. The van der Waals surface area contributed by atoms with Crippen LogP contribution < -0.4 is 10.6 Å². The Labute approximate surface area is 90.4 Å². The Morgan fingerprint density at radius 2 is 2.07 bits per heavy atom. The van der Waals surface area contributed by atoms with E-state index in [2.05, 4.69) is 24.5 Å². The van der Waals surface area contributed by atoms with E-state index in [1.54, 1.807) is 11.8 Å². The first-order valence-electron chi connectivity index (χ1n) is 5.18. The smallest absolute Gasteiger partial charge is 0.247 e. The predicted molar refractivity (Wildman–Crippen MR) is 61.3 cm³/mol. The Kier molecular flexibility index (Phi) is 4.26. The van der Waals surface area contributed by atoms with E-state index >= 15 is 0 Å². The molecule has 0 aromatic rings. The number of nitrogens with one attached hydrogen (secondary N) is 2. The van der Waals surface area contributed by atoms with Gasteiger partial charge in [-0.25, -0.2) is 0 Å². The largest absolute Gasteiger partial charge is 0.352 e. The number of amides is 1. The lowest BCUT2D eigenvalue weighted by Crippen LogP contribution is -2.45. The van der Waals surface area contributed by atoms with Crippen molar-refractivity contribution >= 4 is 17.7 Å². The van der Waals surface area contributed by atoms with Gasteiger partial charge in [0.2, 0.25) is 5.91 Å². The van der Waals surface area contributed by atoms with Gasteiger partial charge in [0.25, 0.3) is 0 Å². The fourth-order valence-electron chi connectivity index (χ4n) is 1.39. The second-order valence-electron chi connectivity index (χ2n) is 4.39. The lowest BCUT2D eigenvalue weighted by Gasteiger charge is -2.17. The van der Waals surface area contributed by atoms with E-state index in [0.717, 1.165) is 5.75 Å². The quantitative estimate of drug-likeness (QED) is 0.745. The number of carbonyl (C=O) groups is 1. The molecule has 0 aliphatic carbocycles. The van der Waals surface area contributed by atoms with Gasteiger partial charge in [-0.3, -0.25) is 10.1 Å². The highest BCUT2D eigenvalue weighted by molar-refractivity contribution is 8.00. The summed E-state index contributed by atoms with van der Waals surface area (Å²) in [6.07, 6.45) is 0. The van der Waals surface area contributed by atoms with Gasteiger partial charge < -0.3 is 5.32 Å². The average Bonchev–Trinajstić information content (AvgIpc) is 2.50. The summed E-state index contributed by atoms with van der Waals surface area (Å²) in [6.45, 7) is 8.33. The van der Waals surface area contributed by atoms with Gasteiger partial charge in [-0.1, -0.05) is 13.8 Å². The van der Waals surface area contributed by atoms with E-state index in [1.165, 1.54) is 0 Å². The zero-order valence-corrected chi connectivity index (χ0v) is 10.1. The van der Waals surface area contributed by atoms with E-state index in [1.807, 2.05) is 13.8 Å². The minimum Gasteiger partial charge on any atom is -0.352 e. The Bertz CT molecular complexity index is 206. The standard InChI is InChI=1S/C10H20N2OS/c1-6(2)8-5-14-10(12-8)9(13)11-7(3)4/h6-8,10,12H,5H2,1-4H3,(H,11,13). The zero-order chi connectivity index (χ0) is 10.7. The van der Waals surface area contributed by atoms with Crippen LogP contribution in [0.5, 0.6) is 0 Å². The minimum atomic E-state index is -0.0511. The van der Waals surface area contributed by atoms with Gasteiger partial charge in [-0.15, -0.1) is 11.8 Å². The monoisotopic (exact) mass is 216 g/mol. The van der Waals surface area contributed by atoms with Crippen LogP contribution in [0.1, 0.15) is 27.7 Å². The molecule has 2 atom stereocenters. The lowest BCUT2D eigenvalue weighted by molar-refractivity contribution is -0.121. The van der Waals surface area contributed by atoms with Gasteiger partial charge in [0, 0.05) is 17.8 Å². The van der Waals surface area contributed by atoms with E-state index in [-0.39, 0.29) is 17.3 Å². The highest BCUT2D eigenvalue weighted by atomic mass is 32.2. The highest BCUT2D eigenvalue weighted by Gasteiger charge is 2.31. The summed E-state index contributed by atoms with van der Waals surface area (Å²) >= 11 is 1.71. The summed E-state index contributed by atoms with van der Waals surface area (Å²) in [7, 11) is 0. The minimum absolute atomic E-state index is 0.0511. The van der Waals surface area contributed by atoms with Crippen molar-refractivity contribution in [2.24, 2.45) is 5.92 Å². The maximum absolute atomic E-state index is 11.6. The Morgan fingerprint density at radius 3 is 2.50 bits per heavy atom. The topological polar surface area (TPSA) is 41.1 Å². The highest BCUT2D eigenvalue weighted by Crippen LogP contribution is 2.22. The normalized spacial score (nSPS) is 27.3. The molecule has 1 rings (SSSR count). The first-order chi connectivity index (χ1) is 6.50. The molecule has 0 spiro atoms. The van der Waals surface area contributed by atoms with E-state index < -0.39 is 0 Å². The summed E-state index contributed by atoms with van der Waals surface area (Å²) < 4.78 is 0. The fraction of sp³-hybridized carbons (Fsp3) is 0.900. The second kappa shape index (κ2) is 5.03. The molecule has 1 heterocycles. The number of thioether (sulfide) groups is 1. The Hall–Kier alpha value is -0.220. The van der Waals surface area contributed by atoms with Crippen LogP contribution in [0.2, 0.25) is 0 Å². The van der Waals surface area contributed by atoms with Crippen LogP contribution in [0.4, 0.5) is 0 Å². The molecular weight excluding hydrogens is 196 g/mol. The molecule has 0 bridgehead atoms. The number of hydrogen-bond acceptors (Lipinski definition) is 3. The van der Waals surface area contributed by atoms with Crippen LogP contribution in [-0.2, 0) is 4.79 Å². The van der Waals surface area contributed by atoms with Crippen LogP contribution in [0, 0.1) is 5.92 Å². The maximum atomic E-state index is 11.6. The van der Waals surface area contributed by atoms with E-state index in [0.29, 0.717) is 12.0 Å². The molecule has 0 radical (unpaired) electrons. The molecule has 1 saturated heterocycles. The van der Waals surface area contributed by atoms with Gasteiger partial charge in [-0.05, 0) is 19.8 Å². The SMILES string of the molecule is CC(C)NC(=O)C1NC(C(C)C)CS1. The van der Waals surface area contributed by atoms with Crippen molar-refractivity contribution in [2.75, 3.05) is 5.75 Å². The van der Waals surface area contributed by atoms with Crippen molar-refractivity contribution in [1.82, 2.24) is 10.6 Å². The van der Waals surface area contributed by atoms with Crippen LogP contribution >= 0.6 is 11.8 Å². The first kappa shape index (κ1) is 11.9. The molecule has 0 saturated carbocycles. The molecule has 1 fully saturated rings. The van der Waals surface area contributed by atoms with Crippen LogP contribution in [-0.4, -0.2) is 29.1 Å². The molecule has 82 valence electrons. The van der Waals surface area contributed by atoms with Gasteiger partial charge in [0.05, 0.1) is 0 Å². The summed E-state index contributed by atoms with van der Waals surface area (Å²) in [6, 6.07) is 0.700. The van der Waals surface area contributed by atoms with Gasteiger partial charge in [0.1, 0.15) is 5.37 Å². The summed E-state index contributed by atoms with van der Waals surface area (Å²) in [5, 5.41) is 6.22. The zero-order valence-electron chi connectivity index (χ0n) is 9.33. The second-order valence-corrected chi connectivity index (χ2v) is 5.53.